The Kier molecular flexibility index (Phi) is 4.99. The van der Waals surface area contributed by atoms with Gasteiger partial charge >= 0.3 is 0 Å². The van der Waals surface area contributed by atoms with Crippen molar-refractivity contribution in [2.45, 2.75) is 25.3 Å². The van der Waals surface area contributed by atoms with Crippen LogP contribution in [-0.2, 0) is 11.2 Å². The monoisotopic (exact) mass is 326 g/mol. The van der Waals surface area contributed by atoms with E-state index in [2.05, 4.69) is 4.98 Å². The van der Waals surface area contributed by atoms with Gasteiger partial charge in [-0.15, -0.1) is 0 Å². The molecule has 1 aromatic carbocycles. The van der Waals surface area contributed by atoms with Crippen LogP contribution < -0.4 is 9.47 Å². The van der Waals surface area contributed by atoms with Crippen molar-refractivity contribution < 1.29 is 14.3 Å². The third kappa shape index (κ3) is 3.35. The third-order valence-electron chi connectivity index (χ3n) is 4.47. The van der Waals surface area contributed by atoms with Crippen molar-refractivity contribution in [3.05, 3.63) is 53.9 Å². The number of hydrogen-bond acceptors (Lipinski definition) is 4. The van der Waals surface area contributed by atoms with Gasteiger partial charge in [-0.25, -0.2) is 0 Å². The molecule has 1 aliphatic heterocycles. The minimum Gasteiger partial charge on any atom is -0.493 e. The second-order valence-electron chi connectivity index (χ2n) is 5.89. The number of methoxy groups -OCH3 is 2. The molecule has 0 radical (unpaired) electrons. The Labute approximate surface area is 142 Å². The Balaban J connectivity index is 1.75. The largest absolute Gasteiger partial charge is 0.493 e. The molecule has 1 amide bonds. The van der Waals surface area contributed by atoms with Crippen molar-refractivity contribution >= 4 is 5.91 Å². The van der Waals surface area contributed by atoms with E-state index in [9.17, 15) is 4.79 Å². The van der Waals surface area contributed by atoms with Crippen LogP contribution in [0.25, 0.3) is 0 Å². The molecule has 1 atom stereocenters. The highest BCUT2D eigenvalue weighted by Crippen LogP contribution is 2.33. The standard InChI is InChI=1S/C19H22N2O3/c1-23-17-6-5-14(12-18(17)24-2)13-19(22)21-11-3-4-16(21)15-7-9-20-10-8-15/h5-10,12,16H,3-4,11,13H2,1-2H3/t16-/m0/s1. The zero-order valence-electron chi connectivity index (χ0n) is 14.1. The molecule has 1 fully saturated rings. The fraction of sp³-hybridized carbons (Fsp3) is 0.368. The van der Waals surface area contributed by atoms with Crippen LogP contribution in [-0.4, -0.2) is 36.6 Å². The van der Waals surface area contributed by atoms with Crippen LogP contribution in [0.5, 0.6) is 11.5 Å². The maximum atomic E-state index is 12.8. The van der Waals surface area contributed by atoms with E-state index < -0.39 is 0 Å². The Morgan fingerprint density at radius 1 is 1.17 bits per heavy atom. The van der Waals surface area contributed by atoms with E-state index in [4.69, 9.17) is 9.47 Å². The number of aromatic nitrogens is 1. The van der Waals surface area contributed by atoms with Crippen molar-refractivity contribution in [1.82, 2.24) is 9.88 Å². The molecule has 0 bridgehead atoms. The molecule has 1 saturated heterocycles. The summed E-state index contributed by atoms with van der Waals surface area (Å²) >= 11 is 0. The van der Waals surface area contributed by atoms with Crippen LogP contribution in [0, 0.1) is 0 Å². The van der Waals surface area contributed by atoms with Gasteiger partial charge in [0, 0.05) is 18.9 Å². The van der Waals surface area contributed by atoms with Crippen molar-refractivity contribution in [3.8, 4) is 11.5 Å². The molecule has 126 valence electrons. The highest BCUT2D eigenvalue weighted by atomic mass is 16.5. The number of hydrogen-bond donors (Lipinski definition) is 0. The minimum atomic E-state index is 0.140. The number of amides is 1. The van der Waals surface area contributed by atoms with Gasteiger partial charge in [-0.1, -0.05) is 6.07 Å². The van der Waals surface area contributed by atoms with Crippen molar-refractivity contribution in [3.63, 3.8) is 0 Å². The lowest BCUT2D eigenvalue weighted by molar-refractivity contribution is -0.131. The Bertz CT molecular complexity index is 703. The normalized spacial score (nSPS) is 16.9. The smallest absolute Gasteiger partial charge is 0.227 e. The number of rotatable bonds is 5. The van der Waals surface area contributed by atoms with Crippen LogP contribution >= 0.6 is 0 Å². The lowest BCUT2D eigenvalue weighted by Gasteiger charge is -2.25. The topological polar surface area (TPSA) is 51.7 Å². The van der Waals surface area contributed by atoms with Gasteiger partial charge in [-0.3, -0.25) is 9.78 Å². The Morgan fingerprint density at radius 2 is 1.92 bits per heavy atom. The van der Waals surface area contributed by atoms with E-state index >= 15 is 0 Å². The molecule has 1 aliphatic rings. The molecule has 5 nitrogen and oxygen atoms in total. The molecule has 3 rings (SSSR count). The van der Waals surface area contributed by atoms with Gasteiger partial charge in [-0.2, -0.15) is 0 Å². The highest BCUT2D eigenvalue weighted by molar-refractivity contribution is 5.79. The molecule has 2 heterocycles. The fourth-order valence-electron chi connectivity index (χ4n) is 3.26. The van der Waals surface area contributed by atoms with Crippen LogP contribution in [0.4, 0.5) is 0 Å². The molecule has 2 aromatic rings. The third-order valence-corrected chi connectivity index (χ3v) is 4.47. The summed E-state index contributed by atoms with van der Waals surface area (Å²) in [5.74, 6) is 1.46. The molecule has 24 heavy (non-hydrogen) atoms. The van der Waals surface area contributed by atoms with Gasteiger partial charge in [0.2, 0.25) is 5.91 Å². The van der Waals surface area contributed by atoms with Crippen molar-refractivity contribution in [1.29, 1.82) is 0 Å². The summed E-state index contributed by atoms with van der Waals surface area (Å²) < 4.78 is 10.6. The second kappa shape index (κ2) is 7.34. The summed E-state index contributed by atoms with van der Waals surface area (Å²) in [5.41, 5.74) is 2.08. The van der Waals surface area contributed by atoms with Gasteiger partial charge < -0.3 is 14.4 Å². The number of likely N-dealkylation sites (tertiary alicyclic amines) is 1. The first kappa shape index (κ1) is 16.3. The van der Waals surface area contributed by atoms with Gasteiger partial charge in [0.05, 0.1) is 26.7 Å². The van der Waals surface area contributed by atoms with Crippen LogP contribution in [0.15, 0.2) is 42.7 Å². The number of benzene rings is 1. The summed E-state index contributed by atoms with van der Waals surface area (Å²) in [6, 6.07) is 9.76. The first-order chi connectivity index (χ1) is 11.7. The fourth-order valence-corrected chi connectivity index (χ4v) is 3.26. The summed E-state index contributed by atoms with van der Waals surface area (Å²) in [5, 5.41) is 0. The molecule has 5 heteroatoms. The zero-order chi connectivity index (χ0) is 16.9. The zero-order valence-corrected chi connectivity index (χ0v) is 14.1. The molecule has 0 unspecified atom stereocenters. The number of carbonyl (C=O) groups is 1. The van der Waals surface area contributed by atoms with E-state index in [0.717, 1.165) is 30.5 Å². The molecular weight excluding hydrogens is 304 g/mol. The van der Waals surface area contributed by atoms with Crippen LogP contribution in [0.3, 0.4) is 0 Å². The van der Waals surface area contributed by atoms with Crippen LogP contribution in [0.2, 0.25) is 0 Å². The maximum Gasteiger partial charge on any atom is 0.227 e. The average molecular weight is 326 g/mol. The van der Waals surface area contributed by atoms with Gasteiger partial charge in [0.15, 0.2) is 11.5 Å². The Hall–Kier alpha value is -2.56. The molecule has 0 saturated carbocycles. The quantitative estimate of drug-likeness (QED) is 0.847. The van der Waals surface area contributed by atoms with E-state index in [0.29, 0.717) is 17.9 Å². The highest BCUT2D eigenvalue weighted by Gasteiger charge is 2.29. The number of pyridine rings is 1. The number of carbonyl (C=O) groups excluding carboxylic acids is 1. The maximum absolute atomic E-state index is 12.8. The molecule has 1 aromatic heterocycles. The second-order valence-corrected chi connectivity index (χ2v) is 5.89. The Morgan fingerprint density at radius 3 is 2.62 bits per heavy atom. The van der Waals surface area contributed by atoms with Gasteiger partial charge in [0.1, 0.15) is 0 Å². The van der Waals surface area contributed by atoms with Crippen molar-refractivity contribution in [2.24, 2.45) is 0 Å². The minimum absolute atomic E-state index is 0.140. The molecule has 0 N–H and O–H groups in total. The SMILES string of the molecule is COc1ccc(CC(=O)N2CCC[C@H]2c2ccncc2)cc1OC. The number of nitrogens with zero attached hydrogens (tertiary/aromatic N) is 2. The van der Waals surface area contributed by atoms with Crippen LogP contribution in [0.1, 0.15) is 30.0 Å². The van der Waals surface area contributed by atoms with E-state index in [1.807, 2.05) is 35.2 Å². The lowest BCUT2D eigenvalue weighted by Crippen LogP contribution is -2.31. The van der Waals surface area contributed by atoms with E-state index in [1.54, 1.807) is 26.6 Å². The molecule has 0 aliphatic carbocycles. The van der Waals surface area contributed by atoms with Crippen molar-refractivity contribution in [2.75, 3.05) is 20.8 Å². The summed E-state index contributed by atoms with van der Waals surface area (Å²) in [6.45, 7) is 0.805. The predicted molar refractivity (Wildman–Crippen MR) is 91.2 cm³/mol. The average Bonchev–Trinajstić information content (AvgIpc) is 3.12. The molecule has 0 spiro atoms. The van der Waals surface area contributed by atoms with Gasteiger partial charge in [-0.05, 0) is 48.2 Å². The van der Waals surface area contributed by atoms with Gasteiger partial charge in [0.25, 0.3) is 0 Å². The van der Waals surface area contributed by atoms with E-state index in [-0.39, 0.29) is 11.9 Å². The molecular formula is C19H22N2O3. The number of ether oxygens (including phenoxy) is 2. The predicted octanol–water partition coefficient (Wildman–Crippen LogP) is 3.01. The first-order valence-electron chi connectivity index (χ1n) is 8.13. The van der Waals surface area contributed by atoms with E-state index in [1.165, 1.54) is 0 Å². The summed E-state index contributed by atoms with van der Waals surface area (Å²) in [6.07, 6.45) is 5.96. The first-order valence-corrected chi connectivity index (χ1v) is 8.13. The summed E-state index contributed by atoms with van der Waals surface area (Å²) in [4.78, 5) is 18.8. The lowest BCUT2D eigenvalue weighted by atomic mass is 10.1. The summed E-state index contributed by atoms with van der Waals surface area (Å²) in [7, 11) is 3.20.